The van der Waals surface area contributed by atoms with E-state index in [2.05, 4.69) is 20.2 Å². The minimum atomic E-state index is -0.588. The van der Waals surface area contributed by atoms with Gasteiger partial charge in [-0.1, -0.05) is 11.6 Å². The van der Waals surface area contributed by atoms with Crippen LogP contribution >= 0.6 is 0 Å². The molecule has 24 heavy (non-hydrogen) atoms. The fourth-order valence-corrected chi connectivity index (χ4v) is 2.65. The first-order valence-electron chi connectivity index (χ1n) is 7.19. The Hall–Kier alpha value is -3.35. The zero-order valence-corrected chi connectivity index (χ0v) is 12.5. The average molecular weight is 322 g/mol. The van der Waals surface area contributed by atoms with E-state index in [1.54, 1.807) is 0 Å². The number of hydrogen-bond acceptors (Lipinski definition) is 4. The number of fused-ring (bicyclic) bond motifs is 2. The first-order valence-corrected chi connectivity index (χ1v) is 7.19. The molecule has 0 saturated heterocycles. The van der Waals surface area contributed by atoms with Crippen LogP contribution in [-0.4, -0.2) is 16.0 Å². The second-order valence-electron chi connectivity index (χ2n) is 5.50. The van der Waals surface area contributed by atoms with Crippen LogP contribution in [0, 0.1) is 12.7 Å². The monoisotopic (exact) mass is 322 g/mol. The number of nitrogens with one attached hydrogen (secondary N) is 1. The van der Waals surface area contributed by atoms with Gasteiger partial charge in [0.25, 0.3) is 5.91 Å². The Morgan fingerprint density at radius 1 is 1.17 bits per heavy atom. The van der Waals surface area contributed by atoms with Gasteiger partial charge in [0.2, 0.25) is 5.88 Å². The lowest BCUT2D eigenvalue weighted by Gasteiger charge is -1.94. The highest BCUT2D eigenvalue weighted by atomic mass is 19.1. The maximum atomic E-state index is 13.4. The Morgan fingerprint density at radius 2 is 2.00 bits per heavy atom. The minimum absolute atomic E-state index is 0.0501. The van der Waals surface area contributed by atoms with Gasteiger partial charge in [-0.15, -0.1) is 10.2 Å². The van der Waals surface area contributed by atoms with Gasteiger partial charge < -0.3 is 10.1 Å². The standard InChI is InChI=1S/C17H11FN4O2/c1-8-2-4-12-10(6-8)14(16(23)19-12)21-22-15-11-7-9(18)3-5-13(11)20-17(15)24/h2-7,19,23H,1H3. The lowest BCUT2D eigenvalue weighted by molar-refractivity contribution is -0.112. The van der Waals surface area contributed by atoms with Crippen LogP contribution in [0.1, 0.15) is 5.56 Å². The normalized spacial score (nSPS) is 13.8. The van der Waals surface area contributed by atoms with Crippen molar-refractivity contribution in [2.45, 2.75) is 6.92 Å². The molecule has 4 rings (SSSR count). The van der Waals surface area contributed by atoms with Gasteiger partial charge >= 0.3 is 0 Å². The molecule has 0 bridgehead atoms. The zero-order valence-electron chi connectivity index (χ0n) is 12.5. The molecular weight excluding hydrogens is 311 g/mol. The van der Waals surface area contributed by atoms with Gasteiger partial charge in [-0.05, 0) is 37.3 Å². The van der Waals surface area contributed by atoms with Crippen molar-refractivity contribution in [3.05, 3.63) is 58.4 Å². The smallest absolute Gasteiger partial charge is 0.298 e. The number of hydrogen-bond donors (Lipinski definition) is 2. The van der Waals surface area contributed by atoms with E-state index in [0.717, 1.165) is 5.56 Å². The Kier molecular flexibility index (Phi) is 3.02. The molecule has 2 heterocycles. The highest BCUT2D eigenvalue weighted by molar-refractivity contribution is 6.14. The van der Waals surface area contributed by atoms with Crippen LogP contribution in [0.15, 0.2) is 51.6 Å². The number of amides is 1. The van der Waals surface area contributed by atoms with Crippen molar-refractivity contribution in [3.63, 3.8) is 0 Å². The topological polar surface area (TPSA) is 90.2 Å². The Balaban J connectivity index is 1.89. The number of carbonyl (C=O) groups excluding carboxylic acids is 1. The molecule has 118 valence electrons. The summed E-state index contributed by atoms with van der Waals surface area (Å²) >= 11 is 0. The summed E-state index contributed by atoms with van der Waals surface area (Å²) in [7, 11) is 0. The van der Waals surface area contributed by atoms with Crippen molar-refractivity contribution in [1.29, 1.82) is 0 Å². The van der Waals surface area contributed by atoms with Crippen molar-refractivity contribution in [3.8, 4) is 5.88 Å². The molecule has 1 aliphatic heterocycles. The fraction of sp³-hybridized carbons (Fsp3) is 0.0588. The summed E-state index contributed by atoms with van der Waals surface area (Å²) < 4.78 is 13.4. The number of benzene rings is 2. The molecule has 0 radical (unpaired) electrons. The molecule has 2 N–H and O–H groups in total. The number of rotatable bonds is 2. The van der Waals surface area contributed by atoms with E-state index < -0.39 is 11.7 Å². The molecule has 7 heteroatoms. The first kappa shape index (κ1) is 14.3. The van der Waals surface area contributed by atoms with Crippen LogP contribution in [0.4, 0.5) is 10.1 Å². The molecule has 0 spiro atoms. The first-order chi connectivity index (χ1) is 11.5. The molecule has 1 aliphatic rings. The number of H-pyrrole nitrogens is 1. The molecule has 6 nitrogen and oxygen atoms in total. The molecule has 2 aromatic carbocycles. The Bertz CT molecular complexity index is 1160. The number of aromatic amines is 1. The van der Waals surface area contributed by atoms with Crippen molar-refractivity contribution in [1.82, 2.24) is 4.98 Å². The van der Waals surface area contributed by atoms with Crippen molar-refractivity contribution >= 4 is 28.2 Å². The van der Waals surface area contributed by atoms with Gasteiger partial charge in [0.05, 0.1) is 10.9 Å². The summed E-state index contributed by atoms with van der Waals surface area (Å²) in [5, 5.41) is 19.3. The van der Waals surface area contributed by atoms with Gasteiger partial charge in [0.1, 0.15) is 5.82 Å². The second kappa shape index (κ2) is 5.09. The number of aromatic hydroxyl groups is 1. The third-order valence-corrected chi connectivity index (χ3v) is 3.80. The van der Waals surface area contributed by atoms with Crippen molar-refractivity contribution < 1.29 is 14.3 Å². The number of carbonyl (C=O) groups is 1. The van der Waals surface area contributed by atoms with Crippen molar-refractivity contribution in [2.75, 3.05) is 0 Å². The molecule has 0 atom stereocenters. The van der Waals surface area contributed by atoms with E-state index in [-0.39, 0.29) is 17.3 Å². The lowest BCUT2D eigenvalue weighted by atomic mass is 10.1. The maximum Gasteiger partial charge on any atom is 0.298 e. The Labute approximate surface area is 134 Å². The van der Waals surface area contributed by atoms with E-state index >= 15 is 0 Å². The summed E-state index contributed by atoms with van der Waals surface area (Å²) in [5.74, 6) is -1.23. The summed E-state index contributed by atoms with van der Waals surface area (Å²) in [6, 6.07) is 9.39. The van der Waals surface area contributed by atoms with Gasteiger partial charge in [0.15, 0.2) is 11.4 Å². The van der Waals surface area contributed by atoms with Gasteiger partial charge in [-0.2, -0.15) is 0 Å². The second-order valence-corrected chi connectivity index (χ2v) is 5.50. The third-order valence-electron chi connectivity index (χ3n) is 3.80. The largest absolute Gasteiger partial charge is 0.493 e. The lowest BCUT2D eigenvalue weighted by Crippen LogP contribution is -2.22. The fourth-order valence-electron chi connectivity index (χ4n) is 2.65. The van der Waals surface area contributed by atoms with Crippen LogP contribution in [0.3, 0.4) is 0 Å². The van der Waals surface area contributed by atoms with Gasteiger partial charge in [0, 0.05) is 10.6 Å². The molecule has 0 saturated carbocycles. The quantitative estimate of drug-likeness (QED) is 0.709. The number of aromatic nitrogens is 1. The number of azo groups is 1. The highest BCUT2D eigenvalue weighted by Gasteiger charge is 2.18. The van der Waals surface area contributed by atoms with Crippen LogP contribution in [-0.2, 0) is 4.79 Å². The van der Waals surface area contributed by atoms with Crippen LogP contribution in [0.5, 0.6) is 5.88 Å². The number of nitrogens with zero attached hydrogens (tertiary/aromatic N) is 3. The van der Waals surface area contributed by atoms with Crippen LogP contribution in [0.2, 0.25) is 0 Å². The number of aryl methyl sites for hydroxylation is 1. The van der Waals surface area contributed by atoms with Crippen LogP contribution < -0.4 is 10.6 Å². The highest BCUT2D eigenvalue weighted by Crippen LogP contribution is 2.36. The van der Waals surface area contributed by atoms with Crippen LogP contribution in [0.25, 0.3) is 16.6 Å². The summed E-state index contributed by atoms with van der Waals surface area (Å²) in [6.45, 7) is 1.91. The third kappa shape index (κ3) is 2.18. The molecule has 1 aromatic heterocycles. The number of halogens is 1. The van der Waals surface area contributed by atoms with E-state index in [1.807, 2.05) is 25.1 Å². The maximum absolute atomic E-state index is 13.4. The predicted molar refractivity (Wildman–Crippen MR) is 84.8 cm³/mol. The molecular formula is C17H11FN4O2. The summed E-state index contributed by atoms with van der Waals surface area (Å²) in [6.07, 6.45) is 0. The van der Waals surface area contributed by atoms with E-state index in [4.69, 9.17) is 0 Å². The molecule has 0 unspecified atom stereocenters. The minimum Gasteiger partial charge on any atom is -0.493 e. The molecule has 0 aliphatic carbocycles. The molecule has 0 fully saturated rings. The van der Waals surface area contributed by atoms with E-state index in [9.17, 15) is 14.3 Å². The summed E-state index contributed by atoms with van der Waals surface area (Å²) in [4.78, 5) is 18.6. The zero-order chi connectivity index (χ0) is 16.8. The SMILES string of the molecule is Cc1ccc2[nH]c(O)c(N=NC3=c4cc(F)ccc4=NC3=O)c2c1. The average Bonchev–Trinajstić information content (AvgIpc) is 3.01. The van der Waals surface area contributed by atoms with Crippen molar-refractivity contribution in [2.24, 2.45) is 15.2 Å². The van der Waals surface area contributed by atoms with Gasteiger partial charge in [-0.3, -0.25) is 4.79 Å². The van der Waals surface area contributed by atoms with Gasteiger partial charge in [-0.25, -0.2) is 9.38 Å². The molecule has 1 amide bonds. The summed E-state index contributed by atoms with van der Waals surface area (Å²) in [5.41, 5.74) is 1.86. The Morgan fingerprint density at radius 3 is 2.83 bits per heavy atom. The molecule has 3 aromatic rings. The van der Waals surface area contributed by atoms with E-state index in [1.165, 1.54) is 18.2 Å². The predicted octanol–water partition coefficient (Wildman–Crippen LogP) is 2.37. The van der Waals surface area contributed by atoms with E-state index in [0.29, 0.717) is 21.5 Å².